The first-order chi connectivity index (χ1) is 7.81. The van der Waals surface area contributed by atoms with Gasteiger partial charge in [-0.15, -0.1) is 0 Å². The van der Waals surface area contributed by atoms with E-state index in [0.29, 0.717) is 0 Å². The Labute approximate surface area is 95.5 Å². The number of hydrogen-bond donors (Lipinski definition) is 1. The molecule has 0 radical (unpaired) electrons. The zero-order valence-electron chi connectivity index (χ0n) is 9.60. The molecule has 2 aromatic rings. The van der Waals surface area contributed by atoms with Crippen LogP contribution < -0.4 is 5.32 Å². The number of aromatic nitrogens is 1. The van der Waals surface area contributed by atoms with Crippen molar-refractivity contribution in [3.8, 4) is 0 Å². The van der Waals surface area contributed by atoms with E-state index < -0.39 is 0 Å². The van der Waals surface area contributed by atoms with Crippen molar-refractivity contribution in [2.75, 3.05) is 6.54 Å². The number of pyridine rings is 1. The molecule has 1 N–H and O–H groups in total. The fourth-order valence-electron chi connectivity index (χ4n) is 1.75. The summed E-state index contributed by atoms with van der Waals surface area (Å²) in [4.78, 5) is 4.41. The summed E-state index contributed by atoms with van der Waals surface area (Å²) in [5, 5.41) is 3.41. The predicted octanol–water partition coefficient (Wildman–Crippen LogP) is 2.68. The largest absolute Gasteiger partial charge is 0.472 e. The van der Waals surface area contributed by atoms with Crippen LogP contribution in [0.2, 0.25) is 0 Å². The van der Waals surface area contributed by atoms with Crippen molar-refractivity contribution in [2.24, 2.45) is 0 Å². The maximum atomic E-state index is 5.13. The van der Waals surface area contributed by atoms with E-state index >= 15 is 0 Å². The van der Waals surface area contributed by atoms with Crippen LogP contribution in [-0.2, 0) is 0 Å². The zero-order valence-corrected chi connectivity index (χ0v) is 9.60. The van der Waals surface area contributed by atoms with E-state index in [0.717, 1.165) is 17.8 Å². The average molecular weight is 216 g/mol. The second kappa shape index (κ2) is 4.94. The molecule has 1 atom stereocenters. The van der Waals surface area contributed by atoms with Gasteiger partial charge in [0.25, 0.3) is 0 Å². The van der Waals surface area contributed by atoms with Gasteiger partial charge >= 0.3 is 0 Å². The molecule has 2 rings (SSSR count). The summed E-state index contributed by atoms with van der Waals surface area (Å²) in [7, 11) is 0. The second-order valence-electron chi connectivity index (χ2n) is 3.81. The van der Waals surface area contributed by atoms with Gasteiger partial charge in [0.1, 0.15) is 0 Å². The standard InChI is InChI=1S/C13H16N2O/c1-3-14-13(11-5-7-16-9-11)12-8-10(2)4-6-15-12/h4-9,13-14H,3H2,1-2H3. The van der Waals surface area contributed by atoms with Gasteiger partial charge in [0, 0.05) is 11.8 Å². The Hall–Kier alpha value is -1.61. The topological polar surface area (TPSA) is 38.1 Å². The maximum Gasteiger partial charge on any atom is 0.0954 e. The van der Waals surface area contributed by atoms with Crippen molar-refractivity contribution >= 4 is 0 Å². The molecule has 1 unspecified atom stereocenters. The van der Waals surface area contributed by atoms with Gasteiger partial charge in [0.2, 0.25) is 0 Å². The van der Waals surface area contributed by atoms with Crippen LogP contribution in [0.5, 0.6) is 0 Å². The highest BCUT2D eigenvalue weighted by Crippen LogP contribution is 2.21. The van der Waals surface area contributed by atoms with E-state index in [4.69, 9.17) is 4.42 Å². The van der Waals surface area contributed by atoms with Gasteiger partial charge in [0.05, 0.1) is 24.3 Å². The molecular weight excluding hydrogens is 200 g/mol. The molecule has 0 bridgehead atoms. The lowest BCUT2D eigenvalue weighted by atomic mass is 10.1. The fraction of sp³-hybridized carbons (Fsp3) is 0.308. The van der Waals surface area contributed by atoms with E-state index in [1.165, 1.54) is 5.56 Å². The van der Waals surface area contributed by atoms with Crippen molar-refractivity contribution in [1.82, 2.24) is 10.3 Å². The monoisotopic (exact) mass is 216 g/mol. The Balaban J connectivity index is 2.33. The summed E-state index contributed by atoms with van der Waals surface area (Å²) in [6.07, 6.45) is 5.29. The van der Waals surface area contributed by atoms with Crippen LogP contribution in [0, 0.1) is 6.92 Å². The van der Waals surface area contributed by atoms with Crippen LogP contribution in [0.25, 0.3) is 0 Å². The molecule has 16 heavy (non-hydrogen) atoms. The van der Waals surface area contributed by atoms with Crippen LogP contribution in [0.3, 0.4) is 0 Å². The van der Waals surface area contributed by atoms with Crippen molar-refractivity contribution in [1.29, 1.82) is 0 Å². The Bertz CT molecular complexity index is 437. The van der Waals surface area contributed by atoms with Crippen molar-refractivity contribution < 1.29 is 4.42 Å². The molecule has 0 amide bonds. The van der Waals surface area contributed by atoms with E-state index in [2.05, 4.69) is 30.2 Å². The van der Waals surface area contributed by atoms with Crippen molar-refractivity contribution in [3.05, 3.63) is 53.7 Å². The van der Waals surface area contributed by atoms with Gasteiger partial charge in [-0.1, -0.05) is 6.92 Å². The molecule has 0 saturated heterocycles. The fourth-order valence-corrected chi connectivity index (χ4v) is 1.75. The molecule has 3 heteroatoms. The third-order valence-electron chi connectivity index (χ3n) is 2.52. The second-order valence-corrected chi connectivity index (χ2v) is 3.81. The van der Waals surface area contributed by atoms with Crippen LogP contribution in [0.4, 0.5) is 0 Å². The molecular formula is C13H16N2O. The van der Waals surface area contributed by atoms with Gasteiger partial charge < -0.3 is 9.73 Å². The van der Waals surface area contributed by atoms with Crippen molar-refractivity contribution in [3.63, 3.8) is 0 Å². The quantitative estimate of drug-likeness (QED) is 0.853. The summed E-state index contributed by atoms with van der Waals surface area (Å²) >= 11 is 0. The molecule has 0 aliphatic carbocycles. The maximum absolute atomic E-state index is 5.13. The third kappa shape index (κ3) is 2.31. The lowest BCUT2D eigenvalue weighted by molar-refractivity contribution is 0.550. The molecule has 0 spiro atoms. The van der Waals surface area contributed by atoms with E-state index in [1.54, 1.807) is 12.5 Å². The van der Waals surface area contributed by atoms with Gasteiger partial charge in [-0.25, -0.2) is 0 Å². The first kappa shape index (κ1) is 10.9. The molecule has 3 nitrogen and oxygen atoms in total. The third-order valence-corrected chi connectivity index (χ3v) is 2.52. The molecule has 0 aliphatic rings. The summed E-state index contributed by atoms with van der Waals surface area (Å²) in [6, 6.07) is 6.18. The van der Waals surface area contributed by atoms with Crippen LogP contribution in [0.15, 0.2) is 41.3 Å². The highest BCUT2D eigenvalue weighted by atomic mass is 16.3. The Morgan fingerprint density at radius 3 is 2.94 bits per heavy atom. The Kier molecular flexibility index (Phi) is 3.37. The first-order valence-corrected chi connectivity index (χ1v) is 5.49. The molecule has 0 aromatic carbocycles. The van der Waals surface area contributed by atoms with Gasteiger partial charge in [-0.3, -0.25) is 4.98 Å². The first-order valence-electron chi connectivity index (χ1n) is 5.49. The number of hydrogen-bond acceptors (Lipinski definition) is 3. The highest BCUT2D eigenvalue weighted by Gasteiger charge is 2.15. The highest BCUT2D eigenvalue weighted by molar-refractivity contribution is 5.26. The van der Waals surface area contributed by atoms with Crippen LogP contribution in [0.1, 0.15) is 29.8 Å². The minimum Gasteiger partial charge on any atom is -0.472 e. The summed E-state index contributed by atoms with van der Waals surface area (Å²) in [6.45, 7) is 5.05. The molecule has 84 valence electrons. The Morgan fingerprint density at radius 2 is 2.31 bits per heavy atom. The number of furan rings is 1. The Morgan fingerprint density at radius 1 is 1.44 bits per heavy atom. The molecule has 0 saturated carbocycles. The smallest absolute Gasteiger partial charge is 0.0954 e. The lowest BCUT2D eigenvalue weighted by Crippen LogP contribution is -2.22. The summed E-state index contributed by atoms with van der Waals surface area (Å²) < 4.78 is 5.13. The summed E-state index contributed by atoms with van der Waals surface area (Å²) in [5.74, 6) is 0. The average Bonchev–Trinajstić information content (AvgIpc) is 2.79. The van der Waals surface area contributed by atoms with Crippen LogP contribution >= 0.6 is 0 Å². The number of aryl methyl sites for hydroxylation is 1. The summed E-state index contributed by atoms with van der Waals surface area (Å²) in [5.41, 5.74) is 3.36. The normalized spacial score (nSPS) is 12.6. The molecule has 2 aromatic heterocycles. The zero-order chi connectivity index (χ0) is 11.4. The van der Waals surface area contributed by atoms with Crippen molar-refractivity contribution in [2.45, 2.75) is 19.9 Å². The van der Waals surface area contributed by atoms with Crippen LogP contribution in [-0.4, -0.2) is 11.5 Å². The molecule has 2 heterocycles. The number of nitrogens with zero attached hydrogens (tertiary/aromatic N) is 1. The number of rotatable bonds is 4. The lowest BCUT2D eigenvalue weighted by Gasteiger charge is -2.15. The SMILES string of the molecule is CCNC(c1ccoc1)c1cc(C)ccn1. The number of nitrogens with one attached hydrogen (secondary N) is 1. The van der Waals surface area contributed by atoms with E-state index in [9.17, 15) is 0 Å². The molecule has 0 aliphatic heterocycles. The minimum atomic E-state index is 0.114. The van der Waals surface area contributed by atoms with Gasteiger partial charge in [-0.05, 0) is 37.2 Å². The minimum absolute atomic E-state index is 0.114. The molecule has 0 fully saturated rings. The van der Waals surface area contributed by atoms with Gasteiger partial charge in [-0.2, -0.15) is 0 Å². The van der Waals surface area contributed by atoms with E-state index in [-0.39, 0.29) is 6.04 Å². The predicted molar refractivity (Wildman–Crippen MR) is 63.2 cm³/mol. The van der Waals surface area contributed by atoms with E-state index in [1.807, 2.05) is 18.3 Å². The van der Waals surface area contributed by atoms with Gasteiger partial charge in [0.15, 0.2) is 0 Å².